The van der Waals surface area contributed by atoms with Gasteiger partial charge in [0, 0.05) is 0 Å². The number of hydrogen-bond donors (Lipinski definition) is 1. The summed E-state index contributed by atoms with van der Waals surface area (Å²) in [6, 6.07) is 23.7. The molecule has 3 aromatic rings. The van der Waals surface area contributed by atoms with Gasteiger partial charge in [0.1, 0.15) is 11.5 Å². The van der Waals surface area contributed by atoms with Gasteiger partial charge in [0.25, 0.3) is 5.91 Å². The van der Waals surface area contributed by atoms with Gasteiger partial charge in [0.2, 0.25) is 0 Å². The molecule has 5 nitrogen and oxygen atoms in total. The van der Waals surface area contributed by atoms with Crippen molar-refractivity contribution in [2.24, 2.45) is 0 Å². The minimum atomic E-state index is -0.329. The highest BCUT2D eigenvalue weighted by Crippen LogP contribution is 2.24. The first-order valence-corrected chi connectivity index (χ1v) is 8.86. The van der Waals surface area contributed by atoms with Gasteiger partial charge in [0.15, 0.2) is 12.9 Å². The number of hydrogen-bond acceptors (Lipinski definition) is 4. The summed E-state index contributed by atoms with van der Waals surface area (Å²) in [4.78, 5) is 23.6. The van der Waals surface area contributed by atoms with Gasteiger partial charge >= 0.3 is 0 Å². The van der Waals surface area contributed by atoms with E-state index in [1.807, 2.05) is 54.6 Å². The third-order valence-electron chi connectivity index (χ3n) is 4.29. The average molecular weight is 375 g/mol. The minimum Gasteiger partial charge on any atom is -0.497 e. The molecule has 1 atom stereocenters. The Morgan fingerprint density at radius 2 is 1.57 bits per heavy atom. The second-order valence-corrected chi connectivity index (χ2v) is 6.13. The van der Waals surface area contributed by atoms with Crippen molar-refractivity contribution >= 4 is 12.2 Å². The zero-order valence-electron chi connectivity index (χ0n) is 15.5. The smallest absolute Gasteiger partial charge is 0.258 e. The molecule has 0 spiro atoms. The molecule has 0 saturated carbocycles. The molecule has 5 heteroatoms. The van der Waals surface area contributed by atoms with E-state index < -0.39 is 0 Å². The molecular weight excluding hydrogens is 354 g/mol. The number of para-hydroxylation sites is 1. The Morgan fingerprint density at radius 3 is 2.25 bits per heavy atom. The maximum atomic E-state index is 12.5. The molecule has 0 aromatic heterocycles. The third kappa shape index (κ3) is 4.76. The molecule has 1 amide bonds. The molecule has 0 aliphatic rings. The van der Waals surface area contributed by atoms with Crippen LogP contribution in [0.3, 0.4) is 0 Å². The largest absolute Gasteiger partial charge is 0.497 e. The van der Waals surface area contributed by atoms with E-state index in [4.69, 9.17) is 9.47 Å². The molecule has 0 aliphatic carbocycles. The predicted molar refractivity (Wildman–Crippen MR) is 107 cm³/mol. The molecule has 3 aromatic carbocycles. The van der Waals surface area contributed by atoms with Crippen molar-refractivity contribution in [2.45, 2.75) is 6.04 Å². The summed E-state index contributed by atoms with van der Waals surface area (Å²) in [5.41, 5.74) is 2.29. The minimum absolute atomic E-state index is 0.190. The molecule has 0 aliphatic heterocycles. The molecule has 142 valence electrons. The number of carbonyl (C=O) groups is 2. The van der Waals surface area contributed by atoms with Crippen LogP contribution in [-0.2, 0) is 4.79 Å². The van der Waals surface area contributed by atoms with Crippen molar-refractivity contribution in [3.63, 3.8) is 0 Å². The van der Waals surface area contributed by atoms with Gasteiger partial charge < -0.3 is 14.8 Å². The van der Waals surface area contributed by atoms with Gasteiger partial charge in [-0.25, -0.2) is 0 Å². The summed E-state index contributed by atoms with van der Waals surface area (Å²) in [5.74, 6) is 0.842. The fourth-order valence-corrected chi connectivity index (χ4v) is 2.86. The maximum absolute atomic E-state index is 12.5. The van der Waals surface area contributed by atoms with Crippen LogP contribution in [0.4, 0.5) is 0 Å². The first kappa shape index (κ1) is 19.2. The van der Waals surface area contributed by atoms with Crippen LogP contribution in [0.5, 0.6) is 11.5 Å². The van der Waals surface area contributed by atoms with Crippen LogP contribution < -0.4 is 14.8 Å². The van der Waals surface area contributed by atoms with E-state index in [0.29, 0.717) is 17.6 Å². The second-order valence-electron chi connectivity index (χ2n) is 6.13. The summed E-state index contributed by atoms with van der Waals surface area (Å²) in [7, 11) is 1.61. The quantitative estimate of drug-likeness (QED) is 0.609. The van der Waals surface area contributed by atoms with Gasteiger partial charge in [-0.3, -0.25) is 9.59 Å². The number of carbonyl (C=O) groups excluding carboxylic acids is 2. The Kier molecular flexibility index (Phi) is 6.41. The molecule has 28 heavy (non-hydrogen) atoms. The first-order valence-electron chi connectivity index (χ1n) is 8.86. The van der Waals surface area contributed by atoms with Crippen molar-refractivity contribution in [1.82, 2.24) is 5.32 Å². The van der Waals surface area contributed by atoms with E-state index in [9.17, 15) is 9.59 Å². The number of ether oxygens (including phenoxy) is 2. The maximum Gasteiger partial charge on any atom is 0.258 e. The van der Waals surface area contributed by atoms with E-state index in [0.717, 1.165) is 16.9 Å². The van der Waals surface area contributed by atoms with E-state index in [1.54, 1.807) is 31.4 Å². The summed E-state index contributed by atoms with van der Waals surface area (Å²) < 4.78 is 10.7. The highest BCUT2D eigenvalue weighted by atomic mass is 16.5. The summed E-state index contributed by atoms with van der Waals surface area (Å²) in [6.07, 6.45) is 0.706. The molecule has 3 rings (SSSR count). The van der Waals surface area contributed by atoms with Crippen LogP contribution in [0.2, 0.25) is 0 Å². The summed E-state index contributed by atoms with van der Waals surface area (Å²) in [6.45, 7) is -0.190. The number of benzene rings is 3. The molecule has 0 radical (unpaired) electrons. The van der Waals surface area contributed by atoms with Crippen molar-refractivity contribution < 1.29 is 19.1 Å². The normalized spacial score (nSPS) is 11.3. The molecule has 0 saturated heterocycles. The fourth-order valence-electron chi connectivity index (χ4n) is 2.86. The zero-order valence-corrected chi connectivity index (χ0v) is 15.5. The topological polar surface area (TPSA) is 64.6 Å². The standard InChI is InChI=1S/C23H21NO4/c1-27-20-13-11-18(12-14-20)23(17-7-3-2-4-8-17)24-22(26)16-28-21-10-6-5-9-19(21)15-25/h2-15,23H,16H2,1H3,(H,24,26). The van der Waals surface area contributed by atoms with Gasteiger partial charge in [-0.2, -0.15) is 0 Å². The summed E-state index contributed by atoms with van der Waals surface area (Å²) >= 11 is 0. The molecule has 1 N–H and O–H groups in total. The molecule has 0 bridgehead atoms. The Hall–Kier alpha value is -3.60. The lowest BCUT2D eigenvalue weighted by Crippen LogP contribution is -2.33. The van der Waals surface area contributed by atoms with Crippen molar-refractivity contribution in [2.75, 3.05) is 13.7 Å². The first-order chi connectivity index (χ1) is 13.7. The number of methoxy groups -OCH3 is 1. The molecule has 0 heterocycles. The SMILES string of the molecule is COc1ccc(C(NC(=O)COc2ccccc2C=O)c2ccccc2)cc1. The van der Waals surface area contributed by atoms with Gasteiger partial charge in [-0.05, 0) is 35.4 Å². The monoisotopic (exact) mass is 375 g/mol. The van der Waals surface area contributed by atoms with Crippen molar-refractivity contribution in [3.8, 4) is 11.5 Å². The average Bonchev–Trinajstić information content (AvgIpc) is 2.77. The fraction of sp³-hybridized carbons (Fsp3) is 0.130. The highest BCUT2D eigenvalue weighted by Gasteiger charge is 2.17. The van der Waals surface area contributed by atoms with Crippen LogP contribution >= 0.6 is 0 Å². The highest BCUT2D eigenvalue weighted by molar-refractivity contribution is 5.81. The van der Waals surface area contributed by atoms with Crippen LogP contribution in [0.25, 0.3) is 0 Å². The Bertz CT molecular complexity index is 923. The third-order valence-corrected chi connectivity index (χ3v) is 4.29. The lowest BCUT2D eigenvalue weighted by Gasteiger charge is -2.20. The molecule has 1 unspecified atom stereocenters. The lowest BCUT2D eigenvalue weighted by atomic mass is 9.98. The second kappa shape index (κ2) is 9.37. The Balaban J connectivity index is 1.75. The van der Waals surface area contributed by atoms with Crippen molar-refractivity contribution in [3.05, 3.63) is 95.6 Å². The number of nitrogens with one attached hydrogen (secondary N) is 1. The summed E-state index contributed by atoms with van der Waals surface area (Å²) in [5, 5.41) is 3.00. The molecular formula is C23H21NO4. The van der Waals surface area contributed by atoms with E-state index >= 15 is 0 Å². The number of amides is 1. The predicted octanol–water partition coefficient (Wildman–Crippen LogP) is 3.79. The van der Waals surface area contributed by atoms with Crippen LogP contribution in [0, 0.1) is 0 Å². The molecule has 0 fully saturated rings. The number of rotatable bonds is 8. The van der Waals surface area contributed by atoms with Gasteiger partial charge in [0.05, 0.1) is 18.7 Å². The van der Waals surface area contributed by atoms with Crippen LogP contribution in [-0.4, -0.2) is 25.9 Å². The Labute approximate surface area is 163 Å². The van der Waals surface area contributed by atoms with Gasteiger partial charge in [-0.1, -0.05) is 54.6 Å². The number of aldehydes is 1. The van der Waals surface area contributed by atoms with E-state index in [2.05, 4.69) is 5.32 Å². The zero-order chi connectivity index (χ0) is 19.8. The van der Waals surface area contributed by atoms with E-state index in [-0.39, 0.29) is 18.6 Å². The van der Waals surface area contributed by atoms with E-state index in [1.165, 1.54) is 0 Å². The van der Waals surface area contributed by atoms with Crippen LogP contribution in [0.15, 0.2) is 78.9 Å². The lowest BCUT2D eigenvalue weighted by molar-refractivity contribution is -0.123. The van der Waals surface area contributed by atoms with Crippen molar-refractivity contribution in [1.29, 1.82) is 0 Å². The Morgan fingerprint density at radius 1 is 0.929 bits per heavy atom. The van der Waals surface area contributed by atoms with Gasteiger partial charge in [-0.15, -0.1) is 0 Å². The van der Waals surface area contributed by atoms with Crippen LogP contribution in [0.1, 0.15) is 27.5 Å².